The summed E-state index contributed by atoms with van der Waals surface area (Å²) in [6.45, 7) is 6.62. The van der Waals surface area contributed by atoms with Crippen molar-refractivity contribution < 1.29 is 4.79 Å². The highest BCUT2D eigenvalue weighted by molar-refractivity contribution is 7.98. The van der Waals surface area contributed by atoms with Crippen LogP contribution >= 0.6 is 35.0 Å². The standard InChI is InChI=1S/C27H26Cl2N4OS/c1-27(2,3)20-11-9-19(10-12-20)25(34)30-16-24-31-32-26(35-17-18-7-5-4-6-8-18)33(24)23-14-13-21(28)15-22(23)29/h4-15H,16-17H2,1-3H3,(H,30,34). The molecule has 0 aliphatic heterocycles. The van der Waals surface area contributed by atoms with Crippen LogP contribution < -0.4 is 5.32 Å². The topological polar surface area (TPSA) is 59.8 Å². The number of benzene rings is 3. The van der Waals surface area contributed by atoms with Gasteiger partial charge in [0.1, 0.15) is 0 Å². The van der Waals surface area contributed by atoms with Gasteiger partial charge in [-0.25, -0.2) is 0 Å². The van der Waals surface area contributed by atoms with Gasteiger partial charge in [-0.1, -0.05) is 98.2 Å². The van der Waals surface area contributed by atoms with E-state index in [-0.39, 0.29) is 17.9 Å². The van der Waals surface area contributed by atoms with Gasteiger partial charge < -0.3 is 5.32 Å². The third kappa shape index (κ3) is 6.26. The third-order valence-electron chi connectivity index (χ3n) is 5.48. The normalized spacial score (nSPS) is 11.5. The van der Waals surface area contributed by atoms with Gasteiger partial charge in [0.25, 0.3) is 5.91 Å². The van der Waals surface area contributed by atoms with Crippen molar-refractivity contribution in [2.45, 2.75) is 43.6 Å². The van der Waals surface area contributed by atoms with E-state index in [4.69, 9.17) is 23.2 Å². The fourth-order valence-electron chi connectivity index (χ4n) is 3.52. The molecule has 8 heteroatoms. The Morgan fingerprint density at radius 1 is 0.971 bits per heavy atom. The lowest BCUT2D eigenvalue weighted by Gasteiger charge is -2.19. The fourth-order valence-corrected chi connectivity index (χ4v) is 4.93. The molecule has 0 aliphatic rings. The lowest BCUT2D eigenvalue weighted by molar-refractivity contribution is 0.0949. The predicted octanol–water partition coefficient (Wildman–Crippen LogP) is 7.09. The van der Waals surface area contributed by atoms with Crippen LogP contribution in [0.25, 0.3) is 5.69 Å². The molecule has 4 rings (SSSR count). The number of amides is 1. The van der Waals surface area contributed by atoms with Crippen molar-refractivity contribution in [1.29, 1.82) is 0 Å². The largest absolute Gasteiger partial charge is 0.345 e. The molecule has 0 unspecified atom stereocenters. The van der Waals surface area contributed by atoms with Crippen molar-refractivity contribution in [3.05, 3.63) is 105 Å². The Morgan fingerprint density at radius 2 is 1.69 bits per heavy atom. The average molecular weight is 526 g/mol. The molecular weight excluding hydrogens is 499 g/mol. The molecule has 0 fully saturated rings. The van der Waals surface area contributed by atoms with Gasteiger partial charge in [0.15, 0.2) is 11.0 Å². The summed E-state index contributed by atoms with van der Waals surface area (Å²) in [6, 6.07) is 23.1. The Balaban J connectivity index is 1.57. The van der Waals surface area contributed by atoms with Crippen molar-refractivity contribution in [2.24, 2.45) is 0 Å². The van der Waals surface area contributed by atoms with Gasteiger partial charge >= 0.3 is 0 Å². The Labute approximate surface area is 219 Å². The third-order valence-corrected chi connectivity index (χ3v) is 7.02. The van der Waals surface area contributed by atoms with E-state index in [1.54, 1.807) is 23.9 Å². The van der Waals surface area contributed by atoms with E-state index in [9.17, 15) is 4.79 Å². The highest BCUT2D eigenvalue weighted by atomic mass is 35.5. The average Bonchev–Trinajstić information content (AvgIpc) is 3.24. The van der Waals surface area contributed by atoms with Crippen molar-refractivity contribution in [2.75, 3.05) is 0 Å². The van der Waals surface area contributed by atoms with Crippen LogP contribution in [0.4, 0.5) is 0 Å². The Bertz CT molecular complexity index is 1320. The first-order valence-corrected chi connectivity index (χ1v) is 12.9. The molecule has 4 aromatic rings. The number of carbonyl (C=O) groups excluding carboxylic acids is 1. The molecule has 3 aromatic carbocycles. The molecule has 5 nitrogen and oxygen atoms in total. The summed E-state index contributed by atoms with van der Waals surface area (Å²) < 4.78 is 1.87. The van der Waals surface area contributed by atoms with E-state index >= 15 is 0 Å². The number of hydrogen-bond acceptors (Lipinski definition) is 4. The van der Waals surface area contributed by atoms with E-state index in [2.05, 4.69) is 48.4 Å². The maximum absolute atomic E-state index is 12.8. The second-order valence-electron chi connectivity index (χ2n) is 9.11. The molecule has 0 saturated heterocycles. The van der Waals surface area contributed by atoms with Crippen molar-refractivity contribution >= 4 is 40.9 Å². The summed E-state index contributed by atoms with van der Waals surface area (Å²) in [5.74, 6) is 1.11. The fraction of sp³-hybridized carbons (Fsp3) is 0.222. The lowest BCUT2D eigenvalue weighted by atomic mass is 9.87. The minimum absolute atomic E-state index is 0.0249. The van der Waals surface area contributed by atoms with E-state index < -0.39 is 0 Å². The number of nitrogens with zero attached hydrogens (tertiary/aromatic N) is 3. The van der Waals surface area contributed by atoms with E-state index in [0.717, 1.165) is 5.75 Å². The molecule has 0 spiro atoms. The Hall–Kier alpha value is -2.80. The first-order chi connectivity index (χ1) is 16.7. The Kier molecular flexibility index (Phi) is 7.85. The quantitative estimate of drug-likeness (QED) is 0.262. The summed E-state index contributed by atoms with van der Waals surface area (Å²) >= 11 is 14.2. The molecule has 35 heavy (non-hydrogen) atoms. The predicted molar refractivity (Wildman–Crippen MR) is 144 cm³/mol. The van der Waals surface area contributed by atoms with E-state index in [0.29, 0.717) is 32.3 Å². The van der Waals surface area contributed by atoms with Crippen LogP contribution in [-0.2, 0) is 17.7 Å². The molecule has 0 saturated carbocycles. The molecule has 1 aromatic heterocycles. The summed E-state index contributed by atoms with van der Waals surface area (Å²) in [5, 5.41) is 13.4. The first-order valence-electron chi connectivity index (χ1n) is 11.2. The molecule has 0 atom stereocenters. The van der Waals surface area contributed by atoms with Crippen LogP contribution in [0.5, 0.6) is 0 Å². The number of aromatic nitrogens is 3. The number of halogens is 2. The second kappa shape index (κ2) is 10.9. The molecule has 1 heterocycles. The highest BCUT2D eigenvalue weighted by Gasteiger charge is 2.19. The van der Waals surface area contributed by atoms with Gasteiger partial charge in [-0.2, -0.15) is 0 Å². The second-order valence-corrected chi connectivity index (χ2v) is 10.9. The van der Waals surface area contributed by atoms with Crippen LogP contribution in [-0.4, -0.2) is 20.7 Å². The SMILES string of the molecule is CC(C)(C)c1ccc(C(=O)NCc2nnc(SCc3ccccc3)n2-c2ccc(Cl)cc2Cl)cc1. The molecule has 1 N–H and O–H groups in total. The van der Waals surface area contributed by atoms with Crippen molar-refractivity contribution in [3.63, 3.8) is 0 Å². The monoisotopic (exact) mass is 524 g/mol. The number of hydrogen-bond donors (Lipinski definition) is 1. The number of rotatable bonds is 7. The number of thioether (sulfide) groups is 1. The van der Waals surface area contributed by atoms with Crippen molar-refractivity contribution in [1.82, 2.24) is 20.1 Å². The molecule has 1 amide bonds. The zero-order valence-electron chi connectivity index (χ0n) is 19.8. The van der Waals surface area contributed by atoms with Gasteiger partial charge in [0.05, 0.1) is 17.3 Å². The summed E-state index contributed by atoms with van der Waals surface area (Å²) in [7, 11) is 0. The molecular formula is C27H26Cl2N4OS. The van der Waals surface area contributed by atoms with Gasteiger partial charge in [-0.05, 0) is 46.9 Å². The maximum Gasteiger partial charge on any atom is 0.251 e. The molecule has 180 valence electrons. The van der Waals surface area contributed by atoms with E-state index in [1.165, 1.54) is 11.1 Å². The Morgan fingerprint density at radius 3 is 2.34 bits per heavy atom. The first kappa shape index (κ1) is 25.3. The minimum atomic E-state index is -0.180. The molecule has 0 radical (unpaired) electrons. The van der Waals surface area contributed by atoms with Crippen molar-refractivity contribution in [3.8, 4) is 5.69 Å². The smallest absolute Gasteiger partial charge is 0.251 e. The number of nitrogens with one attached hydrogen (secondary N) is 1. The zero-order chi connectivity index (χ0) is 25.0. The van der Waals surface area contributed by atoms with Gasteiger partial charge in [-0.3, -0.25) is 9.36 Å². The molecule has 0 aliphatic carbocycles. The van der Waals surface area contributed by atoms with E-state index in [1.807, 2.05) is 53.1 Å². The summed E-state index contributed by atoms with van der Waals surface area (Å²) in [6.07, 6.45) is 0. The van der Waals surface area contributed by atoms with Crippen LogP contribution in [0.15, 0.2) is 78.0 Å². The van der Waals surface area contributed by atoms with Crippen LogP contribution in [0.3, 0.4) is 0 Å². The van der Waals surface area contributed by atoms with Gasteiger partial charge in [0, 0.05) is 16.3 Å². The summed E-state index contributed by atoms with van der Waals surface area (Å²) in [5.41, 5.74) is 3.66. The lowest BCUT2D eigenvalue weighted by Crippen LogP contribution is -2.25. The van der Waals surface area contributed by atoms with Gasteiger partial charge in [0.2, 0.25) is 0 Å². The number of carbonyl (C=O) groups is 1. The van der Waals surface area contributed by atoms with Crippen LogP contribution in [0.1, 0.15) is 48.1 Å². The zero-order valence-corrected chi connectivity index (χ0v) is 22.1. The highest BCUT2D eigenvalue weighted by Crippen LogP contribution is 2.31. The minimum Gasteiger partial charge on any atom is -0.345 e. The van der Waals surface area contributed by atoms with Crippen LogP contribution in [0, 0.1) is 0 Å². The molecule has 0 bridgehead atoms. The maximum atomic E-state index is 12.8. The summed E-state index contributed by atoms with van der Waals surface area (Å²) in [4.78, 5) is 12.8. The van der Waals surface area contributed by atoms with Gasteiger partial charge in [-0.15, -0.1) is 10.2 Å². The van der Waals surface area contributed by atoms with Crippen LogP contribution in [0.2, 0.25) is 10.0 Å².